The molecule has 0 radical (unpaired) electrons. The van der Waals surface area contributed by atoms with Gasteiger partial charge in [0.15, 0.2) is 5.11 Å². The largest absolute Gasteiger partial charge is 0.298 e. The van der Waals surface area contributed by atoms with Crippen molar-refractivity contribution in [2.45, 2.75) is 6.54 Å². The van der Waals surface area contributed by atoms with Crippen LogP contribution in [0.2, 0.25) is 10.0 Å². The van der Waals surface area contributed by atoms with E-state index in [9.17, 15) is 9.59 Å². The molecule has 9 nitrogen and oxygen atoms in total. The van der Waals surface area contributed by atoms with Crippen molar-refractivity contribution in [3.8, 4) is 11.4 Å². The van der Waals surface area contributed by atoms with Gasteiger partial charge in [0.05, 0.1) is 0 Å². The molecule has 2 aromatic heterocycles. The fourth-order valence-corrected chi connectivity index (χ4v) is 3.43. The van der Waals surface area contributed by atoms with Crippen LogP contribution in [0, 0.1) is 0 Å². The van der Waals surface area contributed by atoms with Crippen LogP contribution in [0.25, 0.3) is 17.5 Å². The Hall–Kier alpha value is -2.86. The van der Waals surface area contributed by atoms with E-state index >= 15 is 0 Å². The van der Waals surface area contributed by atoms with Gasteiger partial charge in [0.2, 0.25) is 11.7 Å². The van der Waals surface area contributed by atoms with E-state index in [2.05, 4.69) is 31.6 Å². The van der Waals surface area contributed by atoms with E-state index < -0.39 is 11.8 Å². The Morgan fingerprint density at radius 2 is 1.97 bits per heavy atom. The molecule has 1 aromatic carbocycles. The summed E-state index contributed by atoms with van der Waals surface area (Å²) in [6.45, 7) is -0.233. The first-order valence-electron chi connectivity index (χ1n) is 8.25. The average Bonchev–Trinajstić information content (AvgIpc) is 3.36. The highest BCUT2D eigenvalue weighted by Crippen LogP contribution is 2.24. The highest BCUT2D eigenvalue weighted by molar-refractivity contribution is 7.80. The molecule has 0 unspecified atom stereocenters. The maximum Gasteiger partial charge on any atom is 0.262 e. The van der Waals surface area contributed by atoms with Gasteiger partial charge >= 0.3 is 0 Å². The molecule has 3 N–H and O–H groups in total. The maximum absolute atomic E-state index is 12.0. The predicted octanol–water partition coefficient (Wildman–Crippen LogP) is 2.44. The third-order valence-corrected chi connectivity index (χ3v) is 4.83. The normalized spacial score (nSPS) is 10.7. The third-order valence-electron chi connectivity index (χ3n) is 3.35. The molecule has 0 aliphatic heterocycles. The Morgan fingerprint density at radius 1 is 1.20 bits per heavy atom. The Bertz CT molecular complexity index is 1080. The van der Waals surface area contributed by atoms with Crippen LogP contribution in [0.3, 0.4) is 0 Å². The van der Waals surface area contributed by atoms with Gasteiger partial charge in [-0.1, -0.05) is 29.3 Å². The second-order valence-electron chi connectivity index (χ2n) is 5.64. The number of hydrazine groups is 1. The van der Waals surface area contributed by atoms with Gasteiger partial charge in [0.1, 0.15) is 6.54 Å². The number of thiocarbonyl (C=S) groups is 1. The quantitative estimate of drug-likeness (QED) is 0.291. The molecule has 0 saturated heterocycles. The average molecular weight is 482 g/mol. The monoisotopic (exact) mass is 481 g/mol. The molecule has 3 rings (SSSR count). The van der Waals surface area contributed by atoms with Crippen LogP contribution >= 0.6 is 46.8 Å². The van der Waals surface area contributed by atoms with Gasteiger partial charge in [-0.3, -0.25) is 25.8 Å². The van der Waals surface area contributed by atoms with Crippen molar-refractivity contribution in [2.24, 2.45) is 0 Å². The van der Waals surface area contributed by atoms with Gasteiger partial charge in [-0.05, 0) is 53.2 Å². The van der Waals surface area contributed by atoms with Crippen LogP contribution in [-0.2, 0) is 16.1 Å². The van der Waals surface area contributed by atoms with Gasteiger partial charge in [-0.25, -0.2) is 0 Å². The zero-order valence-electron chi connectivity index (χ0n) is 15.0. The van der Waals surface area contributed by atoms with E-state index in [0.29, 0.717) is 15.6 Å². The van der Waals surface area contributed by atoms with Gasteiger partial charge in [0.25, 0.3) is 5.91 Å². The molecule has 0 spiro atoms. The van der Waals surface area contributed by atoms with E-state index in [-0.39, 0.29) is 17.5 Å². The molecule has 0 fully saturated rings. The van der Waals surface area contributed by atoms with E-state index in [1.807, 2.05) is 17.5 Å². The lowest BCUT2D eigenvalue weighted by Crippen LogP contribution is -2.49. The first-order valence-corrected chi connectivity index (χ1v) is 10.3. The van der Waals surface area contributed by atoms with Gasteiger partial charge in [0, 0.05) is 26.6 Å². The summed E-state index contributed by atoms with van der Waals surface area (Å²) in [4.78, 5) is 25.8. The molecule has 13 heteroatoms. The summed E-state index contributed by atoms with van der Waals surface area (Å²) in [6.07, 6.45) is 2.99. The third kappa shape index (κ3) is 6.59. The lowest BCUT2D eigenvalue weighted by molar-refractivity contribution is -0.122. The number of benzene rings is 1. The highest BCUT2D eigenvalue weighted by atomic mass is 35.5. The minimum Gasteiger partial charge on any atom is -0.298 e. The number of nitrogens with one attached hydrogen (secondary N) is 3. The van der Waals surface area contributed by atoms with E-state index in [4.69, 9.17) is 35.4 Å². The fraction of sp³-hybridized carbons (Fsp3) is 0.0588. The zero-order chi connectivity index (χ0) is 21.5. The lowest BCUT2D eigenvalue weighted by Gasteiger charge is -2.09. The summed E-state index contributed by atoms with van der Waals surface area (Å²) in [5.41, 5.74) is 5.33. The number of amides is 2. The molecule has 0 atom stereocenters. The number of thiophene rings is 1. The molecular formula is C17H13Cl2N7O2S2. The van der Waals surface area contributed by atoms with Crippen molar-refractivity contribution in [3.05, 3.63) is 56.7 Å². The molecule has 2 heterocycles. The molecular weight excluding hydrogens is 469 g/mol. The molecule has 0 aliphatic carbocycles. The summed E-state index contributed by atoms with van der Waals surface area (Å²) in [5.74, 6) is -0.674. The molecule has 154 valence electrons. The van der Waals surface area contributed by atoms with E-state index in [1.165, 1.54) is 17.4 Å². The van der Waals surface area contributed by atoms with Crippen molar-refractivity contribution in [1.82, 2.24) is 36.4 Å². The van der Waals surface area contributed by atoms with Crippen LogP contribution in [-0.4, -0.2) is 37.1 Å². The summed E-state index contributed by atoms with van der Waals surface area (Å²) in [6, 6.07) is 8.58. The Balaban J connectivity index is 1.46. The Labute approximate surface area is 190 Å². The number of rotatable bonds is 5. The van der Waals surface area contributed by atoms with Gasteiger partial charge in [-0.15, -0.1) is 21.5 Å². The Kier molecular flexibility index (Phi) is 7.46. The maximum atomic E-state index is 12.0. The number of tetrazole rings is 1. The summed E-state index contributed by atoms with van der Waals surface area (Å²) in [7, 11) is 0. The number of carbonyl (C=O) groups is 2. The van der Waals surface area contributed by atoms with Crippen molar-refractivity contribution in [2.75, 3.05) is 0 Å². The highest BCUT2D eigenvalue weighted by Gasteiger charge is 2.11. The number of hydrogen-bond donors (Lipinski definition) is 3. The summed E-state index contributed by atoms with van der Waals surface area (Å²) in [5, 5.41) is 16.9. The van der Waals surface area contributed by atoms with Crippen LogP contribution in [0.5, 0.6) is 0 Å². The number of carbonyl (C=O) groups excluding carboxylic acids is 2. The van der Waals surface area contributed by atoms with Crippen molar-refractivity contribution in [3.63, 3.8) is 0 Å². The minimum atomic E-state index is -0.506. The van der Waals surface area contributed by atoms with Crippen LogP contribution in [0.1, 0.15) is 4.88 Å². The first kappa shape index (κ1) is 21.8. The number of hydrogen-bond acceptors (Lipinski definition) is 7. The SMILES string of the molecule is O=C(C=Cc1cccs1)NC(=S)NNC(=O)Cn1nnc(-c2cc(Cl)cc(Cl)c2)n1. The number of nitrogens with zero attached hydrogens (tertiary/aromatic N) is 4. The van der Waals surface area contributed by atoms with Crippen molar-refractivity contribution in [1.29, 1.82) is 0 Å². The van der Waals surface area contributed by atoms with E-state index in [1.54, 1.807) is 24.3 Å². The van der Waals surface area contributed by atoms with Crippen LogP contribution in [0.4, 0.5) is 0 Å². The smallest absolute Gasteiger partial charge is 0.262 e. The van der Waals surface area contributed by atoms with Crippen LogP contribution < -0.4 is 16.2 Å². The van der Waals surface area contributed by atoms with Crippen molar-refractivity contribution >= 4 is 69.8 Å². The second kappa shape index (κ2) is 10.3. The molecule has 2 amide bonds. The molecule has 30 heavy (non-hydrogen) atoms. The standard InChI is InChI=1S/C17H13Cl2N7O2S2/c18-11-6-10(7-12(19)8-11)16-22-25-26(24-16)9-15(28)21-23-17(29)20-14(27)4-3-13-2-1-5-30-13/h1-8H,9H2,(H,21,28)(H2,20,23,27,29). The molecule has 3 aromatic rings. The second-order valence-corrected chi connectivity index (χ2v) is 7.90. The molecule has 0 saturated carbocycles. The topological polar surface area (TPSA) is 114 Å². The zero-order valence-corrected chi connectivity index (χ0v) is 18.1. The fourth-order valence-electron chi connectivity index (χ4n) is 2.13. The summed E-state index contributed by atoms with van der Waals surface area (Å²) >= 11 is 18.4. The molecule has 0 bridgehead atoms. The molecule has 0 aliphatic rings. The number of aromatic nitrogens is 4. The Morgan fingerprint density at radius 3 is 2.67 bits per heavy atom. The van der Waals surface area contributed by atoms with E-state index in [0.717, 1.165) is 9.67 Å². The van der Waals surface area contributed by atoms with Crippen molar-refractivity contribution < 1.29 is 9.59 Å². The van der Waals surface area contributed by atoms with Gasteiger partial charge in [-0.2, -0.15) is 4.80 Å². The lowest BCUT2D eigenvalue weighted by atomic mass is 10.2. The summed E-state index contributed by atoms with van der Waals surface area (Å²) < 4.78 is 0. The van der Waals surface area contributed by atoms with Gasteiger partial charge < -0.3 is 0 Å². The van der Waals surface area contributed by atoms with Crippen LogP contribution in [0.15, 0.2) is 41.8 Å². The first-order chi connectivity index (χ1) is 14.4. The predicted molar refractivity (Wildman–Crippen MR) is 119 cm³/mol. The number of halogens is 2. The minimum absolute atomic E-state index is 0.0648.